The van der Waals surface area contributed by atoms with Gasteiger partial charge in [0.05, 0.1) is 6.61 Å². The molecule has 1 amide bonds. The summed E-state index contributed by atoms with van der Waals surface area (Å²) in [4.78, 5) is 12.7. The smallest absolute Gasteiger partial charge is 0.256 e. The molecule has 0 unspecified atom stereocenters. The number of anilines is 1. The third kappa shape index (κ3) is 6.91. The minimum atomic E-state index is -0.809. The normalized spacial score (nSPS) is 13.8. The lowest BCUT2D eigenvalue weighted by molar-refractivity contribution is -0.141. The van der Waals surface area contributed by atoms with Crippen molar-refractivity contribution in [2.24, 2.45) is 11.8 Å². The zero-order chi connectivity index (χ0) is 18.2. The first kappa shape index (κ1) is 20.5. The van der Waals surface area contributed by atoms with Gasteiger partial charge in [0.1, 0.15) is 11.4 Å². The van der Waals surface area contributed by atoms with Gasteiger partial charge in [-0.1, -0.05) is 34.6 Å². The molecule has 4 nitrogen and oxygen atoms in total. The van der Waals surface area contributed by atoms with Crippen molar-refractivity contribution >= 4 is 11.6 Å². The van der Waals surface area contributed by atoms with E-state index in [0.717, 1.165) is 17.9 Å². The van der Waals surface area contributed by atoms with Gasteiger partial charge in [0, 0.05) is 12.3 Å². The quantitative estimate of drug-likeness (QED) is 0.662. The number of rotatable bonds is 10. The number of ether oxygens (including phenoxy) is 2. The molecule has 0 saturated heterocycles. The van der Waals surface area contributed by atoms with E-state index >= 15 is 0 Å². The number of carbonyl (C=O) groups excluding carboxylic acids is 1. The monoisotopic (exact) mass is 335 g/mol. The summed E-state index contributed by atoms with van der Waals surface area (Å²) in [6, 6.07) is 7.49. The van der Waals surface area contributed by atoms with Crippen LogP contribution in [-0.4, -0.2) is 24.7 Å². The van der Waals surface area contributed by atoms with Crippen LogP contribution in [-0.2, 0) is 9.53 Å². The fourth-order valence-corrected chi connectivity index (χ4v) is 2.48. The van der Waals surface area contributed by atoms with Gasteiger partial charge in [-0.15, -0.1) is 0 Å². The maximum atomic E-state index is 12.7. The van der Waals surface area contributed by atoms with Crippen molar-refractivity contribution in [1.29, 1.82) is 0 Å². The van der Waals surface area contributed by atoms with Crippen molar-refractivity contribution in [3.63, 3.8) is 0 Å². The fourth-order valence-electron chi connectivity index (χ4n) is 2.48. The molecule has 0 aliphatic rings. The molecular weight excluding hydrogens is 302 g/mol. The Balaban J connectivity index is 2.72. The summed E-state index contributed by atoms with van der Waals surface area (Å²) in [6.07, 6.45) is 1.58. The molecule has 136 valence electrons. The number of carbonyl (C=O) groups is 1. The number of hydrogen-bond acceptors (Lipinski definition) is 3. The van der Waals surface area contributed by atoms with Gasteiger partial charge in [-0.25, -0.2) is 0 Å². The van der Waals surface area contributed by atoms with E-state index in [1.165, 1.54) is 0 Å². The summed E-state index contributed by atoms with van der Waals surface area (Å²) >= 11 is 0. The van der Waals surface area contributed by atoms with Gasteiger partial charge in [0.25, 0.3) is 5.91 Å². The fraction of sp³-hybridized carbons (Fsp3) is 0.650. The summed E-state index contributed by atoms with van der Waals surface area (Å²) in [6.45, 7) is 13.6. The molecular formula is C20H33NO3. The van der Waals surface area contributed by atoms with E-state index in [1.807, 2.05) is 38.1 Å². The van der Waals surface area contributed by atoms with Crippen molar-refractivity contribution in [3.05, 3.63) is 24.3 Å². The Hall–Kier alpha value is -1.55. The number of hydrogen-bond donors (Lipinski definition) is 1. The van der Waals surface area contributed by atoms with Crippen molar-refractivity contribution in [2.75, 3.05) is 18.5 Å². The highest BCUT2D eigenvalue weighted by Gasteiger charge is 2.34. The molecule has 1 aromatic carbocycles. The number of amides is 1. The van der Waals surface area contributed by atoms with Crippen molar-refractivity contribution in [3.8, 4) is 5.75 Å². The van der Waals surface area contributed by atoms with Crippen molar-refractivity contribution in [1.82, 2.24) is 0 Å². The maximum Gasteiger partial charge on any atom is 0.256 e. The second kappa shape index (κ2) is 9.67. The van der Waals surface area contributed by atoms with Crippen LogP contribution in [0, 0.1) is 11.8 Å². The Morgan fingerprint density at radius 3 is 2.25 bits per heavy atom. The Kier molecular flexibility index (Phi) is 8.26. The second-order valence-corrected chi connectivity index (χ2v) is 7.36. The van der Waals surface area contributed by atoms with E-state index in [9.17, 15) is 4.79 Å². The first-order valence-electron chi connectivity index (χ1n) is 8.95. The Labute approximate surface area is 146 Å². The largest absolute Gasteiger partial charge is 0.493 e. The Bertz CT molecular complexity index is 496. The summed E-state index contributed by atoms with van der Waals surface area (Å²) in [5.41, 5.74) is -0.0521. The molecule has 1 atom stereocenters. The first-order valence-corrected chi connectivity index (χ1v) is 8.95. The molecule has 0 fully saturated rings. The topological polar surface area (TPSA) is 47.6 Å². The second-order valence-electron chi connectivity index (χ2n) is 7.36. The van der Waals surface area contributed by atoms with Gasteiger partial charge in [-0.05, 0) is 55.9 Å². The molecule has 0 saturated carbocycles. The Morgan fingerprint density at radius 1 is 1.12 bits per heavy atom. The van der Waals surface area contributed by atoms with Gasteiger partial charge >= 0.3 is 0 Å². The van der Waals surface area contributed by atoms with Gasteiger partial charge in [0.15, 0.2) is 0 Å². The van der Waals surface area contributed by atoms with E-state index in [4.69, 9.17) is 9.47 Å². The van der Waals surface area contributed by atoms with Crippen LogP contribution in [0.15, 0.2) is 24.3 Å². The molecule has 1 aromatic rings. The summed E-state index contributed by atoms with van der Waals surface area (Å²) in [5.74, 6) is 1.58. The molecule has 1 rings (SSSR count). The van der Waals surface area contributed by atoms with Crippen molar-refractivity contribution in [2.45, 2.75) is 60.0 Å². The van der Waals surface area contributed by atoms with Gasteiger partial charge in [-0.3, -0.25) is 4.79 Å². The average Bonchev–Trinajstić information content (AvgIpc) is 2.51. The molecule has 24 heavy (non-hydrogen) atoms. The van der Waals surface area contributed by atoms with Crippen molar-refractivity contribution < 1.29 is 14.3 Å². The predicted molar refractivity (Wildman–Crippen MR) is 99.5 cm³/mol. The third-order valence-electron chi connectivity index (χ3n) is 3.60. The van der Waals surface area contributed by atoms with Gasteiger partial charge in [-0.2, -0.15) is 0 Å². The lowest BCUT2D eigenvalue weighted by atomic mass is 9.93. The summed E-state index contributed by atoms with van der Waals surface area (Å²) in [7, 11) is 0. The van der Waals surface area contributed by atoms with E-state index in [2.05, 4.69) is 33.0 Å². The standard InChI is InChI=1S/C20H33NO3/c1-7-12-24-20(6,13-15(2)3)19(22)21-17-8-10-18(11-9-17)23-14-16(4)5/h8-11,15-16H,7,12-14H2,1-6H3,(H,21,22)/t20-/m1/s1. The molecule has 0 aromatic heterocycles. The molecule has 0 spiro atoms. The lowest BCUT2D eigenvalue weighted by Crippen LogP contribution is -2.44. The molecule has 0 bridgehead atoms. The minimum absolute atomic E-state index is 0.0968. The van der Waals surface area contributed by atoms with Crippen LogP contribution in [0.4, 0.5) is 5.69 Å². The number of nitrogens with one attached hydrogen (secondary N) is 1. The van der Waals surface area contributed by atoms with E-state index < -0.39 is 5.60 Å². The predicted octanol–water partition coefficient (Wildman–Crippen LogP) is 4.89. The number of benzene rings is 1. The third-order valence-corrected chi connectivity index (χ3v) is 3.60. The summed E-state index contributed by atoms with van der Waals surface area (Å²) < 4.78 is 11.5. The molecule has 0 aliphatic heterocycles. The highest BCUT2D eigenvalue weighted by molar-refractivity contribution is 5.97. The first-order chi connectivity index (χ1) is 11.3. The maximum absolute atomic E-state index is 12.7. The zero-order valence-corrected chi connectivity index (χ0v) is 16.0. The van der Waals surface area contributed by atoms with Crippen LogP contribution >= 0.6 is 0 Å². The van der Waals surface area contributed by atoms with Crippen LogP contribution < -0.4 is 10.1 Å². The SMILES string of the molecule is CCCO[C@](C)(CC(C)C)C(=O)Nc1ccc(OCC(C)C)cc1. The lowest BCUT2D eigenvalue weighted by Gasteiger charge is -2.30. The van der Waals surface area contributed by atoms with E-state index in [1.54, 1.807) is 0 Å². The van der Waals surface area contributed by atoms with E-state index in [-0.39, 0.29) is 5.91 Å². The molecule has 0 heterocycles. The molecule has 0 radical (unpaired) electrons. The minimum Gasteiger partial charge on any atom is -0.493 e. The van der Waals surface area contributed by atoms with Crippen LogP contribution in [0.25, 0.3) is 0 Å². The zero-order valence-electron chi connectivity index (χ0n) is 16.0. The van der Waals surface area contributed by atoms with Gasteiger partial charge in [0.2, 0.25) is 0 Å². The molecule has 1 N–H and O–H groups in total. The average molecular weight is 335 g/mol. The van der Waals surface area contributed by atoms with Crippen LogP contribution in [0.2, 0.25) is 0 Å². The highest BCUT2D eigenvalue weighted by Crippen LogP contribution is 2.24. The Morgan fingerprint density at radius 2 is 1.75 bits per heavy atom. The molecule has 0 aliphatic carbocycles. The molecule has 4 heteroatoms. The van der Waals surface area contributed by atoms with Gasteiger partial charge < -0.3 is 14.8 Å². The van der Waals surface area contributed by atoms with Crippen LogP contribution in [0.5, 0.6) is 5.75 Å². The highest BCUT2D eigenvalue weighted by atomic mass is 16.5. The summed E-state index contributed by atoms with van der Waals surface area (Å²) in [5, 5.41) is 2.97. The van der Waals surface area contributed by atoms with Crippen LogP contribution in [0.1, 0.15) is 54.4 Å². The van der Waals surface area contributed by atoms with E-state index in [0.29, 0.717) is 31.5 Å². The van der Waals surface area contributed by atoms with Crippen LogP contribution in [0.3, 0.4) is 0 Å².